The third-order valence-electron chi connectivity index (χ3n) is 3.05. The number of phenolic OH excluding ortho intramolecular Hbond substituents is 1. The van der Waals surface area contributed by atoms with Crippen LogP contribution in [-0.4, -0.2) is 16.2 Å². The number of hydrogen-bond acceptors (Lipinski definition) is 4. The highest BCUT2D eigenvalue weighted by atomic mass is 32.1. The second-order valence-electron chi connectivity index (χ2n) is 4.41. The maximum atomic E-state index is 11.6. The Kier molecular flexibility index (Phi) is 3.87. The summed E-state index contributed by atoms with van der Waals surface area (Å²) in [6.07, 6.45) is 0. The highest BCUT2D eigenvalue weighted by molar-refractivity contribution is 7.09. The van der Waals surface area contributed by atoms with Crippen LogP contribution in [0.25, 0.3) is 0 Å². The summed E-state index contributed by atoms with van der Waals surface area (Å²) in [5.74, 6) is -0.919. The number of phenols is 1. The van der Waals surface area contributed by atoms with E-state index in [1.807, 2.05) is 17.5 Å². The van der Waals surface area contributed by atoms with Crippen LogP contribution >= 0.6 is 11.3 Å². The Morgan fingerprint density at radius 2 is 2.16 bits per heavy atom. The molecule has 0 aliphatic carbocycles. The van der Waals surface area contributed by atoms with E-state index in [9.17, 15) is 15.0 Å². The molecule has 0 fully saturated rings. The number of hydrogen-bond donors (Lipinski definition) is 3. The number of thiophene rings is 1. The van der Waals surface area contributed by atoms with E-state index in [0.29, 0.717) is 12.1 Å². The predicted molar refractivity (Wildman–Crippen MR) is 74.3 cm³/mol. The standard InChI is InChI=1S/C14H15NO3S/c1-14(13(17)18,10-4-2-5-11(16)8-10)15-9-12-6-3-7-19-12/h2-8,15-16H,9H2,1H3,(H,17,18). The van der Waals surface area contributed by atoms with Gasteiger partial charge >= 0.3 is 5.97 Å². The summed E-state index contributed by atoms with van der Waals surface area (Å²) >= 11 is 1.57. The van der Waals surface area contributed by atoms with Crippen LogP contribution in [0.15, 0.2) is 41.8 Å². The molecule has 0 aliphatic rings. The van der Waals surface area contributed by atoms with E-state index < -0.39 is 11.5 Å². The van der Waals surface area contributed by atoms with Gasteiger partial charge in [0.2, 0.25) is 0 Å². The maximum Gasteiger partial charge on any atom is 0.328 e. The zero-order valence-electron chi connectivity index (χ0n) is 10.5. The van der Waals surface area contributed by atoms with Crippen molar-refractivity contribution >= 4 is 17.3 Å². The molecule has 5 heteroatoms. The number of nitrogens with one attached hydrogen (secondary N) is 1. The Morgan fingerprint density at radius 1 is 1.37 bits per heavy atom. The van der Waals surface area contributed by atoms with Crippen molar-refractivity contribution in [2.75, 3.05) is 0 Å². The van der Waals surface area contributed by atoms with Crippen LogP contribution in [0.1, 0.15) is 17.4 Å². The van der Waals surface area contributed by atoms with Crippen LogP contribution in [0.3, 0.4) is 0 Å². The molecule has 1 unspecified atom stereocenters. The summed E-state index contributed by atoms with van der Waals surface area (Å²) in [5, 5.41) is 23.9. The normalized spacial score (nSPS) is 13.9. The molecule has 100 valence electrons. The van der Waals surface area contributed by atoms with Gasteiger partial charge in [0, 0.05) is 11.4 Å². The van der Waals surface area contributed by atoms with Gasteiger partial charge in [-0.2, -0.15) is 0 Å². The van der Waals surface area contributed by atoms with E-state index in [4.69, 9.17) is 0 Å². The fraction of sp³-hybridized carbons (Fsp3) is 0.214. The quantitative estimate of drug-likeness (QED) is 0.785. The molecule has 1 aromatic heterocycles. The number of aromatic hydroxyl groups is 1. The van der Waals surface area contributed by atoms with Crippen LogP contribution < -0.4 is 5.32 Å². The Labute approximate surface area is 115 Å². The molecule has 0 radical (unpaired) electrons. The van der Waals surface area contributed by atoms with E-state index in [1.54, 1.807) is 30.4 Å². The van der Waals surface area contributed by atoms with Crippen molar-refractivity contribution in [1.29, 1.82) is 0 Å². The Morgan fingerprint density at radius 3 is 2.74 bits per heavy atom. The van der Waals surface area contributed by atoms with Crippen molar-refractivity contribution in [2.24, 2.45) is 0 Å². The molecular weight excluding hydrogens is 262 g/mol. The van der Waals surface area contributed by atoms with Crippen molar-refractivity contribution in [3.05, 3.63) is 52.2 Å². The van der Waals surface area contributed by atoms with Gasteiger partial charge in [-0.3, -0.25) is 5.32 Å². The molecule has 2 rings (SSSR count). The lowest BCUT2D eigenvalue weighted by Crippen LogP contribution is -2.46. The SMILES string of the molecule is CC(NCc1cccs1)(C(=O)O)c1cccc(O)c1. The minimum atomic E-state index is -1.23. The first-order chi connectivity index (χ1) is 9.02. The lowest BCUT2D eigenvalue weighted by Gasteiger charge is -2.26. The molecular formula is C14H15NO3S. The van der Waals surface area contributed by atoms with Crippen LogP contribution in [0.2, 0.25) is 0 Å². The smallest absolute Gasteiger partial charge is 0.328 e. The van der Waals surface area contributed by atoms with Gasteiger partial charge in [0.1, 0.15) is 11.3 Å². The van der Waals surface area contributed by atoms with Gasteiger partial charge in [-0.25, -0.2) is 4.79 Å². The topological polar surface area (TPSA) is 69.6 Å². The molecule has 1 heterocycles. The zero-order valence-corrected chi connectivity index (χ0v) is 11.3. The molecule has 3 N–H and O–H groups in total. The van der Waals surface area contributed by atoms with E-state index in [1.165, 1.54) is 12.1 Å². The lowest BCUT2D eigenvalue weighted by atomic mass is 9.92. The molecule has 4 nitrogen and oxygen atoms in total. The summed E-state index contributed by atoms with van der Waals surface area (Å²) in [7, 11) is 0. The highest BCUT2D eigenvalue weighted by Crippen LogP contribution is 2.25. The van der Waals surface area contributed by atoms with E-state index in [-0.39, 0.29) is 5.75 Å². The first-order valence-corrected chi connectivity index (χ1v) is 6.70. The molecule has 0 spiro atoms. The second-order valence-corrected chi connectivity index (χ2v) is 5.45. The monoisotopic (exact) mass is 277 g/mol. The van der Waals surface area contributed by atoms with Crippen molar-refractivity contribution in [2.45, 2.75) is 19.0 Å². The molecule has 1 atom stereocenters. The Hall–Kier alpha value is -1.85. The van der Waals surface area contributed by atoms with Gasteiger partial charge < -0.3 is 10.2 Å². The predicted octanol–water partition coefficient (Wildman–Crippen LogP) is 2.54. The summed E-state index contributed by atoms with van der Waals surface area (Å²) < 4.78 is 0. The molecule has 0 amide bonds. The van der Waals surface area contributed by atoms with Crippen LogP contribution in [-0.2, 0) is 16.9 Å². The van der Waals surface area contributed by atoms with Gasteiger partial charge in [0.05, 0.1) is 0 Å². The number of benzene rings is 1. The molecule has 19 heavy (non-hydrogen) atoms. The Bertz CT molecular complexity index is 568. The molecule has 0 aliphatic heterocycles. The van der Waals surface area contributed by atoms with E-state index >= 15 is 0 Å². The number of aliphatic carboxylic acids is 1. The molecule has 0 saturated carbocycles. The summed E-state index contributed by atoms with van der Waals surface area (Å²) in [6.45, 7) is 2.06. The summed E-state index contributed by atoms with van der Waals surface area (Å²) in [6, 6.07) is 10.2. The van der Waals surface area contributed by atoms with Crippen molar-refractivity contribution in [3.63, 3.8) is 0 Å². The average Bonchev–Trinajstić information content (AvgIpc) is 2.88. The van der Waals surface area contributed by atoms with Crippen LogP contribution in [0.4, 0.5) is 0 Å². The second kappa shape index (κ2) is 5.42. The van der Waals surface area contributed by atoms with Gasteiger partial charge in [-0.05, 0) is 36.1 Å². The number of carboxylic acid groups (broad SMARTS) is 1. The molecule has 0 saturated heterocycles. The number of carbonyl (C=O) groups is 1. The van der Waals surface area contributed by atoms with Gasteiger partial charge in [-0.15, -0.1) is 11.3 Å². The number of carboxylic acids is 1. The fourth-order valence-corrected chi connectivity index (χ4v) is 2.44. The van der Waals surface area contributed by atoms with Crippen molar-refractivity contribution < 1.29 is 15.0 Å². The average molecular weight is 277 g/mol. The first-order valence-electron chi connectivity index (χ1n) is 5.82. The van der Waals surface area contributed by atoms with Crippen molar-refractivity contribution in [1.82, 2.24) is 5.32 Å². The largest absolute Gasteiger partial charge is 0.508 e. The van der Waals surface area contributed by atoms with Crippen LogP contribution in [0.5, 0.6) is 5.75 Å². The van der Waals surface area contributed by atoms with Crippen LogP contribution in [0, 0.1) is 0 Å². The van der Waals surface area contributed by atoms with E-state index in [2.05, 4.69) is 5.32 Å². The maximum absolute atomic E-state index is 11.6. The van der Waals surface area contributed by atoms with E-state index in [0.717, 1.165) is 4.88 Å². The van der Waals surface area contributed by atoms with Gasteiger partial charge in [0.25, 0.3) is 0 Å². The number of rotatable bonds is 5. The van der Waals surface area contributed by atoms with Gasteiger partial charge in [0.15, 0.2) is 0 Å². The molecule has 0 bridgehead atoms. The fourth-order valence-electron chi connectivity index (χ4n) is 1.80. The minimum Gasteiger partial charge on any atom is -0.508 e. The summed E-state index contributed by atoms with van der Waals surface area (Å²) in [5.41, 5.74) is -0.709. The van der Waals surface area contributed by atoms with Crippen molar-refractivity contribution in [3.8, 4) is 5.75 Å². The third kappa shape index (κ3) is 2.94. The molecule has 1 aromatic carbocycles. The third-order valence-corrected chi connectivity index (χ3v) is 3.92. The zero-order chi connectivity index (χ0) is 13.9. The van der Waals surface area contributed by atoms with Gasteiger partial charge in [-0.1, -0.05) is 18.2 Å². The highest BCUT2D eigenvalue weighted by Gasteiger charge is 2.34. The first kappa shape index (κ1) is 13.6. The Balaban J connectivity index is 2.24. The lowest BCUT2D eigenvalue weighted by molar-refractivity contribution is -0.144. The molecule has 2 aromatic rings. The minimum absolute atomic E-state index is 0.0582. The summed E-state index contributed by atoms with van der Waals surface area (Å²) in [4.78, 5) is 12.6.